The molecule has 2 aliphatic rings. The first-order valence-electron chi connectivity index (χ1n) is 5.85. The summed E-state index contributed by atoms with van der Waals surface area (Å²) in [4.78, 5) is 0. The first kappa shape index (κ1) is 9.98. The smallest absolute Gasteiger partial charge is 0.0672 e. The molecule has 0 radical (unpaired) electrons. The zero-order valence-electron chi connectivity index (χ0n) is 9.21. The third-order valence-electron chi connectivity index (χ3n) is 4.05. The zero-order chi connectivity index (χ0) is 10.2. The van der Waals surface area contributed by atoms with Gasteiger partial charge in [-0.05, 0) is 31.6 Å². The van der Waals surface area contributed by atoms with E-state index in [9.17, 15) is 0 Å². The highest BCUT2D eigenvalue weighted by Crippen LogP contribution is 2.44. The molecule has 2 saturated carbocycles. The minimum Gasteiger partial charge on any atom is -0.307 e. The predicted octanol–water partition coefficient (Wildman–Crippen LogP) is 2.46. The zero-order valence-corrected chi connectivity index (χ0v) is 9.21. The number of hydrogen-bond donors (Lipinski definition) is 1. The fourth-order valence-corrected chi connectivity index (χ4v) is 2.68. The number of hydrogen-bond acceptors (Lipinski definition) is 2. The summed E-state index contributed by atoms with van der Waals surface area (Å²) in [5.41, 5.74) is 0.393. The van der Waals surface area contributed by atoms with Crippen molar-refractivity contribution in [2.45, 2.75) is 57.5 Å². The Labute approximate surface area is 86.7 Å². The normalized spacial score (nSPS) is 34.4. The van der Waals surface area contributed by atoms with Gasteiger partial charge in [-0.1, -0.05) is 20.3 Å². The molecule has 0 bridgehead atoms. The van der Waals surface area contributed by atoms with Gasteiger partial charge in [-0.3, -0.25) is 0 Å². The lowest BCUT2D eigenvalue weighted by Crippen LogP contribution is -2.44. The third kappa shape index (κ3) is 1.66. The van der Waals surface area contributed by atoms with Crippen LogP contribution in [0, 0.1) is 23.2 Å². The average molecular weight is 192 g/mol. The molecule has 2 unspecified atom stereocenters. The quantitative estimate of drug-likeness (QED) is 0.745. The van der Waals surface area contributed by atoms with Crippen molar-refractivity contribution in [3.05, 3.63) is 0 Å². The minimum absolute atomic E-state index is 0.270. The van der Waals surface area contributed by atoms with Crippen molar-refractivity contribution in [3.63, 3.8) is 0 Å². The molecule has 0 aromatic rings. The van der Waals surface area contributed by atoms with Crippen molar-refractivity contribution in [3.8, 4) is 6.07 Å². The molecule has 2 fully saturated rings. The molecule has 2 atom stereocenters. The van der Waals surface area contributed by atoms with E-state index in [0.29, 0.717) is 17.5 Å². The van der Waals surface area contributed by atoms with Crippen LogP contribution in [0.15, 0.2) is 0 Å². The van der Waals surface area contributed by atoms with Gasteiger partial charge in [-0.2, -0.15) is 5.26 Å². The molecule has 2 aliphatic carbocycles. The first-order chi connectivity index (χ1) is 6.68. The maximum absolute atomic E-state index is 9.00. The molecule has 2 heteroatoms. The van der Waals surface area contributed by atoms with Gasteiger partial charge in [-0.25, -0.2) is 0 Å². The van der Waals surface area contributed by atoms with Crippen LogP contribution in [0.2, 0.25) is 0 Å². The topological polar surface area (TPSA) is 35.8 Å². The van der Waals surface area contributed by atoms with Gasteiger partial charge in [0.25, 0.3) is 0 Å². The van der Waals surface area contributed by atoms with Gasteiger partial charge in [-0.15, -0.1) is 0 Å². The van der Waals surface area contributed by atoms with Crippen LogP contribution < -0.4 is 5.32 Å². The SMILES string of the molecule is CC(C)C1(NC2CCCC2C#N)CC1. The molecule has 0 aromatic heterocycles. The van der Waals surface area contributed by atoms with Gasteiger partial charge >= 0.3 is 0 Å². The summed E-state index contributed by atoms with van der Waals surface area (Å²) >= 11 is 0. The predicted molar refractivity (Wildman–Crippen MR) is 56.7 cm³/mol. The van der Waals surface area contributed by atoms with E-state index in [0.717, 1.165) is 6.42 Å². The summed E-state index contributed by atoms with van der Waals surface area (Å²) in [6.07, 6.45) is 6.14. The van der Waals surface area contributed by atoms with E-state index in [2.05, 4.69) is 25.2 Å². The molecule has 0 aliphatic heterocycles. The van der Waals surface area contributed by atoms with Gasteiger partial charge in [0.05, 0.1) is 12.0 Å². The minimum atomic E-state index is 0.270. The van der Waals surface area contributed by atoms with Crippen molar-refractivity contribution >= 4 is 0 Å². The Balaban J connectivity index is 1.95. The second kappa shape index (κ2) is 3.55. The van der Waals surface area contributed by atoms with Gasteiger partial charge in [0, 0.05) is 11.6 Å². The second-order valence-corrected chi connectivity index (χ2v) is 5.23. The van der Waals surface area contributed by atoms with Crippen LogP contribution in [0.1, 0.15) is 46.0 Å². The van der Waals surface area contributed by atoms with Gasteiger partial charge < -0.3 is 5.32 Å². The second-order valence-electron chi connectivity index (χ2n) is 5.23. The summed E-state index contributed by atoms with van der Waals surface area (Å²) in [5.74, 6) is 0.980. The molecule has 2 rings (SSSR count). The first-order valence-corrected chi connectivity index (χ1v) is 5.85. The molecule has 2 nitrogen and oxygen atoms in total. The number of rotatable bonds is 3. The molecule has 0 saturated heterocycles. The fourth-order valence-electron chi connectivity index (χ4n) is 2.68. The molecule has 1 N–H and O–H groups in total. The average Bonchev–Trinajstić information content (AvgIpc) is 2.79. The molecule has 0 spiro atoms. The van der Waals surface area contributed by atoms with E-state index >= 15 is 0 Å². The number of nitriles is 1. The van der Waals surface area contributed by atoms with Crippen LogP contribution in [-0.2, 0) is 0 Å². The Morgan fingerprint density at radius 1 is 1.36 bits per heavy atom. The lowest BCUT2D eigenvalue weighted by atomic mass is 9.97. The van der Waals surface area contributed by atoms with Crippen LogP contribution in [0.3, 0.4) is 0 Å². The van der Waals surface area contributed by atoms with Crippen molar-refractivity contribution in [2.75, 3.05) is 0 Å². The van der Waals surface area contributed by atoms with Crippen molar-refractivity contribution < 1.29 is 0 Å². The fraction of sp³-hybridized carbons (Fsp3) is 0.917. The number of nitrogens with one attached hydrogen (secondary N) is 1. The lowest BCUT2D eigenvalue weighted by Gasteiger charge is -2.27. The van der Waals surface area contributed by atoms with E-state index in [1.54, 1.807) is 0 Å². The van der Waals surface area contributed by atoms with E-state index in [1.807, 2.05) is 0 Å². The van der Waals surface area contributed by atoms with Crippen LogP contribution in [0.25, 0.3) is 0 Å². The van der Waals surface area contributed by atoms with Crippen molar-refractivity contribution in [2.24, 2.45) is 11.8 Å². The largest absolute Gasteiger partial charge is 0.307 e. The summed E-state index contributed by atoms with van der Waals surface area (Å²) in [6, 6.07) is 2.92. The Morgan fingerprint density at radius 2 is 2.07 bits per heavy atom. The van der Waals surface area contributed by atoms with Crippen LogP contribution in [0.5, 0.6) is 0 Å². The maximum atomic E-state index is 9.00. The third-order valence-corrected chi connectivity index (χ3v) is 4.05. The van der Waals surface area contributed by atoms with E-state index in [1.165, 1.54) is 25.7 Å². The van der Waals surface area contributed by atoms with Crippen LogP contribution >= 0.6 is 0 Å². The Kier molecular flexibility index (Phi) is 2.53. The highest BCUT2D eigenvalue weighted by Gasteiger charge is 2.47. The Bertz CT molecular complexity index is 248. The van der Waals surface area contributed by atoms with Crippen molar-refractivity contribution in [1.29, 1.82) is 5.26 Å². The summed E-state index contributed by atoms with van der Waals surface area (Å²) < 4.78 is 0. The van der Waals surface area contributed by atoms with E-state index in [-0.39, 0.29) is 5.92 Å². The van der Waals surface area contributed by atoms with Gasteiger partial charge in [0.2, 0.25) is 0 Å². The Hall–Kier alpha value is -0.550. The molecule has 0 amide bonds. The van der Waals surface area contributed by atoms with Crippen LogP contribution in [0.4, 0.5) is 0 Å². The summed E-state index contributed by atoms with van der Waals surface area (Å²) in [5, 5.41) is 12.7. The number of nitrogens with zero attached hydrogens (tertiary/aromatic N) is 1. The monoisotopic (exact) mass is 192 g/mol. The molecule has 0 heterocycles. The lowest BCUT2D eigenvalue weighted by molar-refractivity contribution is 0.314. The maximum Gasteiger partial charge on any atom is 0.0672 e. The molecule has 0 aromatic carbocycles. The molecular weight excluding hydrogens is 172 g/mol. The van der Waals surface area contributed by atoms with E-state index < -0.39 is 0 Å². The van der Waals surface area contributed by atoms with Crippen LogP contribution in [-0.4, -0.2) is 11.6 Å². The van der Waals surface area contributed by atoms with E-state index in [4.69, 9.17) is 5.26 Å². The summed E-state index contributed by atoms with van der Waals surface area (Å²) in [7, 11) is 0. The highest BCUT2D eigenvalue weighted by molar-refractivity contribution is 5.09. The Morgan fingerprint density at radius 3 is 2.57 bits per heavy atom. The molecule has 78 valence electrons. The van der Waals surface area contributed by atoms with Gasteiger partial charge in [0.1, 0.15) is 0 Å². The highest BCUT2D eigenvalue weighted by atomic mass is 15.1. The van der Waals surface area contributed by atoms with Gasteiger partial charge in [0.15, 0.2) is 0 Å². The summed E-state index contributed by atoms with van der Waals surface area (Å²) in [6.45, 7) is 4.58. The molecule has 14 heavy (non-hydrogen) atoms. The molecular formula is C12H20N2. The van der Waals surface area contributed by atoms with Crippen molar-refractivity contribution in [1.82, 2.24) is 5.32 Å². The standard InChI is InChI=1S/C12H20N2/c1-9(2)12(6-7-12)14-11-5-3-4-10(11)8-13/h9-11,14H,3-7H2,1-2H3.